The number of guanidine groups is 1. The first-order valence-electron chi connectivity index (χ1n) is 5.88. The van der Waals surface area contributed by atoms with Gasteiger partial charge in [0.25, 0.3) is 0 Å². The summed E-state index contributed by atoms with van der Waals surface area (Å²) in [6.07, 6.45) is 0. The smallest absolute Gasteiger partial charge is 0.191 e. The summed E-state index contributed by atoms with van der Waals surface area (Å²) >= 11 is 0. The molecule has 1 heterocycles. The van der Waals surface area contributed by atoms with Crippen molar-refractivity contribution in [2.75, 3.05) is 34.4 Å². The van der Waals surface area contributed by atoms with Gasteiger partial charge in [-0.25, -0.2) is 0 Å². The first-order valence-corrected chi connectivity index (χ1v) is 5.88. The van der Waals surface area contributed by atoms with Crippen LogP contribution in [-0.2, 0) is 0 Å². The fourth-order valence-corrected chi connectivity index (χ4v) is 2.16. The SMILES string of the molecule is COc1ccc(C2CN=C(N)N(C)C2)c(OC)c1. The fraction of sp³-hybridized carbons (Fsp3) is 0.462. The van der Waals surface area contributed by atoms with Crippen LogP contribution in [0.25, 0.3) is 0 Å². The van der Waals surface area contributed by atoms with Gasteiger partial charge in [0, 0.05) is 31.1 Å². The normalized spacial score (nSPS) is 19.4. The first kappa shape index (κ1) is 12.5. The second-order valence-corrected chi connectivity index (χ2v) is 4.38. The average molecular weight is 249 g/mol. The van der Waals surface area contributed by atoms with Crippen LogP contribution in [-0.4, -0.2) is 45.2 Å². The Kier molecular flexibility index (Phi) is 3.60. The lowest BCUT2D eigenvalue weighted by Gasteiger charge is -2.29. The Morgan fingerprint density at radius 3 is 2.72 bits per heavy atom. The molecule has 1 atom stereocenters. The Hall–Kier alpha value is -1.91. The number of ether oxygens (including phenoxy) is 2. The van der Waals surface area contributed by atoms with E-state index in [1.807, 2.05) is 30.1 Å². The van der Waals surface area contributed by atoms with Crippen molar-refractivity contribution in [2.24, 2.45) is 10.7 Å². The topological polar surface area (TPSA) is 60.1 Å². The van der Waals surface area contributed by atoms with Gasteiger partial charge < -0.3 is 20.1 Å². The van der Waals surface area contributed by atoms with Crippen LogP contribution in [0, 0.1) is 0 Å². The zero-order valence-electron chi connectivity index (χ0n) is 11.0. The van der Waals surface area contributed by atoms with Crippen molar-refractivity contribution in [3.63, 3.8) is 0 Å². The molecule has 1 aromatic carbocycles. The van der Waals surface area contributed by atoms with Crippen LogP contribution < -0.4 is 15.2 Å². The summed E-state index contributed by atoms with van der Waals surface area (Å²) in [6.45, 7) is 1.54. The molecule has 0 radical (unpaired) electrons. The van der Waals surface area contributed by atoms with Gasteiger partial charge in [0.1, 0.15) is 11.5 Å². The quantitative estimate of drug-likeness (QED) is 0.869. The Balaban J connectivity index is 2.28. The number of hydrogen-bond donors (Lipinski definition) is 1. The average Bonchev–Trinajstić information content (AvgIpc) is 2.41. The first-order chi connectivity index (χ1) is 8.65. The molecule has 0 aromatic heterocycles. The molecule has 1 aromatic rings. The second kappa shape index (κ2) is 5.16. The maximum atomic E-state index is 5.76. The number of likely N-dealkylation sites (N-methyl/N-ethyl adjacent to an activating group) is 1. The molecule has 0 bridgehead atoms. The number of nitrogens with two attached hydrogens (primary N) is 1. The molecule has 5 heteroatoms. The third-order valence-corrected chi connectivity index (χ3v) is 3.24. The zero-order chi connectivity index (χ0) is 13.1. The van der Waals surface area contributed by atoms with Crippen molar-refractivity contribution in [3.05, 3.63) is 23.8 Å². The predicted molar refractivity (Wildman–Crippen MR) is 71.4 cm³/mol. The molecule has 0 aliphatic carbocycles. The fourth-order valence-electron chi connectivity index (χ4n) is 2.16. The Bertz CT molecular complexity index is 460. The van der Waals surface area contributed by atoms with E-state index in [0.717, 1.165) is 23.6 Å². The van der Waals surface area contributed by atoms with Gasteiger partial charge in [-0.2, -0.15) is 0 Å². The number of hydrogen-bond acceptors (Lipinski definition) is 5. The molecule has 0 fully saturated rings. The van der Waals surface area contributed by atoms with Crippen LogP contribution in [0.5, 0.6) is 11.5 Å². The van der Waals surface area contributed by atoms with E-state index in [0.29, 0.717) is 18.4 Å². The molecular weight excluding hydrogens is 230 g/mol. The summed E-state index contributed by atoms with van der Waals surface area (Å²) in [6, 6.07) is 5.88. The minimum absolute atomic E-state index is 0.295. The van der Waals surface area contributed by atoms with Gasteiger partial charge in [0.15, 0.2) is 5.96 Å². The molecule has 1 aliphatic rings. The zero-order valence-corrected chi connectivity index (χ0v) is 11.0. The van der Waals surface area contributed by atoms with E-state index in [1.54, 1.807) is 14.2 Å². The Morgan fingerprint density at radius 2 is 2.11 bits per heavy atom. The van der Waals surface area contributed by atoms with Crippen molar-refractivity contribution in [3.8, 4) is 11.5 Å². The Labute approximate surface area is 107 Å². The van der Waals surface area contributed by atoms with E-state index >= 15 is 0 Å². The monoisotopic (exact) mass is 249 g/mol. The standard InChI is InChI=1S/C13H19N3O2/c1-16-8-9(7-15-13(16)14)11-5-4-10(17-2)6-12(11)18-3/h4-6,9H,7-8H2,1-3H3,(H2,14,15). The summed E-state index contributed by atoms with van der Waals surface area (Å²) < 4.78 is 10.6. The molecular formula is C13H19N3O2. The molecule has 0 saturated heterocycles. The highest BCUT2D eigenvalue weighted by molar-refractivity contribution is 5.78. The van der Waals surface area contributed by atoms with Crippen molar-refractivity contribution in [1.29, 1.82) is 0 Å². The highest BCUT2D eigenvalue weighted by Gasteiger charge is 2.22. The van der Waals surface area contributed by atoms with Gasteiger partial charge in [-0.1, -0.05) is 6.07 Å². The van der Waals surface area contributed by atoms with E-state index < -0.39 is 0 Å². The summed E-state index contributed by atoms with van der Waals surface area (Å²) in [5.74, 6) is 2.52. The van der Waals surface area contributed by atoms with Crippen LogP contribution in [0.2, 0.25) is 0 Å². The van der Waals surface area contributed by atoms with Crippen molar-refractivity contribution < 1.29 is 9.47 Å². The molecule has 1 unspecified atom stereocenters. The molecule has 2 N–H and O–H groups in total. The molecule has 0 amide bonds. The molecule has 5 nitrogen and oxygen atoms in total. The third kappa shape index (κ3) is 2.34. The van der Waals surface area contributed by atoms with Crippen LogP contribution >= 0.6 is 0 Å². The lowest BCUT2D eigenvalue weighted by atomic mass is 9.96. The molecule has 98 valence electrons. The van der Waals surface area contributed by atoms with Gasteiger partial charge in [-0.15, -0.1) is 0 Å². The maximum absolute atomic E-state index is 5.76. The largest absolute Gasteiger partial charge is 0.497 e. The highest BCUT2D eigenvalue weighted by Crippen LogP contribution is 2.32. The Morgan fingerprint density at radius 1 is 1.33 bits per heavy atom. The van der Waals surface area contributed by atoms with Gasteiger partial charge in [0.05, 0.1) is 20.8 Å². The number of nitrogens with zero attached hydrogens (tertiary/aromatic N) is 2. The summed E-state index contributed by atoms with van der Waals surface area (Å²) in [5.41, 5.74) is 6.90. The molecule has 2 rings (SSSR count). The number of benzene rings is 1. The van der Waals surface area contributed by atoms with Gasteiger partial charge >= 0.3 is 0 Å². The summed E-state index contributed by atoms with van der Waals surface area (Å²) in [5, 5.41) is 0. The number of methoxy groups -OCH3 is 2. The van der Waals surface area contributed by atoms with E-state index in [4.69, 9.17) is 15.2 Å². The van der Waals surface area contributed by atoms with Crippen LogP contribution in [0.1, 0.15) is 11.5 Å². The van der Waals surface area contributed by atoms with E-state index in [-0.39, 0.29) is 0 Å². The number of rotatable bonds is 3. The van der Waals surface area contributed by atoms with Crippen molar-refractivity contribution in [2.45, 2.75) is 5.92 Å². The van der Waals surface area contributed by atoms with Gasteiger partial charge in [0.2, 0.25) is 0 Å². The second-order valence-electron chi connectivity index (χ2n) is 4.38. The molecule has 0 saturated carbocycles. The maximum Gasteiger partial charge on any atom is 0.191 e. The van der Waals surface area contributed by atoms with Crippen LogP contribution in [0.3, 0.4) is 0 Å². The van der Waals surface area contributed by atoms with E-state index in [1.165, 1.54) is 0 Å². The third-order valence-electron chi connectivity index (χ3n) is 3.24. The lowest BCUT2D eigenvalue weighted by Crippen LogP contribution is -2.41. The molecule has 1 aliphatic heterocycles. The number of aliphatic imine (C=N–C) groups is 1. The molecule has 0 spiro atoms. The van der Waals surface area contributed by atoms with Crippen LogP contribution in [0.15, 0.2) is 23.2 Å². The van der Waals surface area contributed by atoms with Crippen molar-refractivity contribution in [1.82, 2.24) is 4.90 Å². The highest BCUT2D eigenvalue weighted by atomic mass is 16.5. The minimum Gasteiger partial charge on any atom is -0.497 e. The van der Waals surface area contributed by atoms with Crippen LogP contribution in [0.4, 0.5) is 0 Å². The van der Waals surface area contributed by atoms with Gasteiger partial charge in [-0.05, 0) is 6.07 Å². The minimum atomic E-state index is 0.295. The molecule has 18 heavy (non-hydrogen) atoms. The van der Waals surface area contributed by atoms with E-state index in [2.05, 4.69) is 4.99 Å². The lowest BCUT2D eigenvalue weighted by molar-refractivity contribution is 0.376. The predicted octanol–water partition coefficient (Wildman–Crippen LogP) is 1.05. The van der Waals surface area contributed by atoms with Gasteiger partial charge in [-0.3, -0.25) is 4.99 Å². The van der Waals surface area contributed by atoms with Crippen molar-refractivity contribution >= 4 is 5.96 Å². The summed E-state index contributed by atoms with van der Waals surface area (Å²) in [7, 11) is 5.26. The summed E-state index contributed by atoms with van der Waals surface area (Å²) in [4.78, 5) is 6.28. The van der Waals surface area contributed by atoms with E-state index in [9.17, 15) is 0 Å².